The maximum atomic E-state index is 12.2. The predicted molar refractivity (Wildman–Crippen MR) is 97.2 cm³/mol. The van der Waals surface area contributed by atoms with E-state index < -0.39 is 4.33 Å². The Kier molecular flexibility index (Phi) is 5.92. The summed E-state index contributed by atoms with van der Waals surface area (Å²) in [4.78, 5) is 14.6. The molecule has 1 aliphatic heterocycles. The number of carbonyl (C=O) groups is 1. The topological polar surface area (TPSA) is 29.5 Å². The molecule has 1 aliphatic carbocycles. The second kappa shape index (κ2) is 7.75. The highest BCUT2D eigenvalue weighted by Crippen LogP contribution is 2.59. The van der Waals surface area contributed by atoms with E-state index in [1.807, 2.05) is 24.3 Å². The van der Waals surface area contributed by atoms with E-state index >= 15 is 0 Å². The summed E-state index contributed by atoms with van der Waals surface area (Å²) in [5.74, 6) is 1.90. The van der Waals surface area contributed by atoms with Gasteiger partial charge in [0.1, 0.15) is 4.33 Å². The van der Waals surface area contributed by atoms with Gasteiger partial charge in [-0.15, -0.1) is 23.2 Å². The standard InChI is InChI=1S/C17H21Cl2NO2S/c18-17(19)11-15(17)13-1-3-14(4-2-13)16(21)12-23-10-7-20-5-8-22-9-6-20/h1-4,15H,5-12H2. The number of nitrogens with zero attached hydrogens (tertiary/aromatic N) is 1. The Balaban J connectivity index is 1.39. The Hall–Kier alpha value is -0.260. The van der Waals surface area contributed by atoms with E-state index in [0.29, 0.717) is 5.75 Å². The molecule has 0 aromatic heterocycles. The van der Waals surface area contributed by atoms with Crippen molar-refractivity contribution < 1.29 is 9.53 Å². The highest BCUT2D eigenvalue weighted by Gasteiger charge is 2.52. The SMILES string of the molecule is O=C(CSCCN1CCOCC1)c1ccc(C2CC2(Cl)Cl)cc1. The number of ether oxygens (including phenoxy) is 1. The zero-order valence-corrected chi connectivity index (χ0v) is 15.3. The number of Topliss-reactive ketones (excluding diaryl/α,β-unsaturated/α-hetero) is 1. The Morgan fingerprint density at radius 3 is 2.52 bits per heavy atom. The van der Waals surface area contributed by atoms with Crippen LogP contribution in [0, 0.1) is 0 Å². The van der Waals surface area contributed by atoms with Crippen molar-refractivity contribution in [2.24, 2.45) is 0 Å². The monoisotopic (exact) mass is 373 g/mol. The van der Waals surface area contributed by atoms with Crippen molar-refractivity contribution in [3.05, 3.63) is 35.4 Å². The van der Waals surface area contributed by atoms with Gasteiger partial charge in [-0.05, 0) is 12.0 Å². The Morgan fingerprint density at radius 2 is 1.91 bits per heavy atom. The number of ketones is 1. The third-order valence-electron chi connectivity index (χ3n) is 4.35. The number of hydrogen-bond donors (Lipinski definition) is 0. The molecule has 1 saturated carbocycles. The van der Waals surface area contributed by atoms with Crippen molar-refractivity contribution in [3.63, 3.8) is 0 Å². The zero-order valence-electron chi connectivity index (χ0n) is 13.0. The lowest BCUT2D eigenvalue weighted by molar-refractivity contribution is 0.0410. The Bertz CT molecular complexity index is 544. The fourth-order valence-corrected chi connectivity index (χ4v) is 4.19. The highest BCUT2D eigenvalue weighted by atomic mass is 35.5. The minimum Gasteiger partial charge on any atom is -0.379 e. The molecule has 1 atom stereocenters. The number of halogens is 2. The number of morpholine rings is 1. The number of hydrogen-bond acceptors (Lipinski definition) is 4. The van der Waals surface area contributed by atoms with Crippen LogP contribution in [0.15, 0.2) is 24.3 Å². The van der Waals surface area contributed by atoms with Crippen LogP contribution in [0.1, 0.15) is 28.3 Å². The van der Waals surface area contributed by atoms with Crippen molar-refractivity contribution in [2.45, 2.75) is 16.7 Å². The molecule has 0 N–H and O–H groups in total. The van der Waals surface area contributed by atoms with Crippen molar-refractivity contribution >= 4 is 40.7 Å². The lowest BCUT2D eigenvalue weighted by Gasteiger charge is -2.26. The first-order valence-corrected chi connectivity index (χ1v) is 9.86. The first-order valence-electron chi connectivity index (χ1n) is 7.95. The third kappa shape index (κ3) is 4.86. The van der Waals surface area contributed by atoms with Crippen LogP contribution in [-0.2, 0) is 4.74 Å². The largest absolute Gasteiger partial charge is 0.379 e. The van der Waals surface area contributed by atoms with Gasteiger partial charge in [-0.3, -0.25) is 9.69 Å². The molecule has 0 bridgehead atoms. The zero-order chi connectivity index (χ0) is 16.3. The number of alkyl halides is 2. The molecule has 0 radical (unpaired) electrons. The molecule has 1 heterocycles. The molecule has 1 aromatic carbocycles. The van der Waals surface area contributed by atoms with Crippen molar-refractivity contribution in [2.75, 3.05) is 44.4 Å². The van der Waals surface area contributed by atoms with Crippen LogP contribution in [-0.4, -0.2) is 59.4 Å². The second-order valence-electron chi connectivity index (χ2n) is 6.07. The molecular formula is C17H21Cl2NO2S. The molecule has 2 aliphatic rings. The molecule has 1 unspecified atom stereocenters. The van der Waals surface area contributed by atoms with Crippen LogP contribution in [0.3, 0.4) is 0 Å². The summed E-state index contributed by atoms with van der Waals surface area (Å²) < 4.78 is 4.72. The second-order valence-corrected chi connectivity index (χ2v) is 8.72. The lowest BCUT2D eigenvalue weighted by atomic mass is 10.1. The normalized spacial score (nSPS) is 23.7. The summed E-state index contributed by atoms with van der Waals surface area (Å²) in [6.07, 6.45) is 0.792. The number of benzene rings is 1. The van der Waals surface area contributed by atoms with Gasteiger partial charge in [-0.2, -0.15) is 11.8 Å². The van der Waals surface area contributed by atoms with Gasteiger partial charge in [-0.25, -0.2) is 0 Å². The number of rotatable bonds is 7. The van der Waals surface area contributed by atoms with Crippen LogP contribution < -0.4 is 0 Å². The fraction of sp³-hybridized carbons (Fsp3) is 0.588. The molecule has 1 saturated heterocycles. The molecular weight excluding hydrogens is 353 g/mol. The summed E-state index contributed by atoms with van der Waals surface area (Å²) in [5.41, 5.74) is 1.88. The number of thioether (sulfide) groups is 1. The van der Waals surface area contributed by atoms with Crippen molar-refractivity contribution in [3.8, 4) is 0 Å². The van der Waals surface area contributed by atoms with Gasteiger partial charge >= 0.3 is 0 Å². The summed E-state index contributed by atoms with van der Waals surface area (Å²) >= 11 is 13.9. The summed E-state index contributed by atoms with van der Waals surface area (Å²) in [6, 6.07) is 7.73. The Labute approximate surface area is 151 Å². The molecule has 1 aromatic rings. The van der Waals surface area contributed by atoms with E-state index in [4.69, 9.17) is 27.9 Å². The molecule has 126 valence electrons. The minimum absolute atomic E-state index is 0.183. The summed E-state index contributed by atoms with van der Waals surface area (Å²) in [7, 11) is 0. The van der Waals surface area contributed by atoms with Crippen LogP contribution >= 0.6 is 35.0 Å². The van der Waals surface area contributed by atoms with E-state index in [2.05, 4.69) is 4.90 Å². The van der Waals surface area contributed by atoms with Crippen LogP contribution in [0.25, 0.3) is 0 Å². The quantitative estimate of drug-likeness (QED) is 0.414. The van der Waals surface area contributed by atoms with E-state index in [1.54, 1.807) is 11.8 Å². The maximum Gasteiger partial charge on any atom is 0.172 e. The van der Waals surface area contributed by atoms with Gasteiger partial charge in [0, 0.05) is 36.9 Å². The molecule has 3 nitrogen and oxygen atoms in total. The van der Waals surface area contributed by atoms with Gasteiger partial charge in [0.15, 0.2) is 5.78 Å². The highest BCUT2D eigenvalue weighted by molar-refractivity contribution is 8.00. The van der Waals surface area contributed by atoms with Gasteiger partial charge in [0.25, 0.3) is 0 Å². The Morgan fingerprint density at radius 1 is 1.26 bits per heavy atom. The van der Waals surface area contributed by atoms with E-state index in [0.717, 1.165) is 56.1 Å². The molecule has 0 amide bonds. The van der Waals surface area contributed by atoms with E-state index in [9.17, 15) is 4.79 Å². The summed E-state index contributed by atoms with van der Waals surface area (Å²) in [5, 5.41) is 0. The van der Waals surface area contributed by atoms with Crippen LogP contribution in [0.5, 0.6) is 0 Å². The molecule has 23 heavy (non-hydrogen) atoms. The lowest BCUT2D eigenvalue weighted by Crippen LogP contribution is -2.37. The summed E-state index contributed by atoms with van der Waals surface area (Å²) in [6.45, 7) is 4.67. The van der Waals surface area contributed by atoms with E-state index in [1.165, 1.54) is 0 Å². The average Bonchev–Trinajstić information content (AvgIpc) is 3.21. The van der Waals surface area contributed by atoms with Gasteiger partial charge in [-0.1, -0.05) is 24.3 Å². The van der Waals surface area contributed by atoms with Crippen molar-refractivity contribution in [1.29, 1.82) is 0 Å². The molecule has 3 rings (SSSR count). The van der Waals surface area contributed by atoms with E-state index in [-0.39, 0.29) is 11.7 Å². The fourth-order valence-electron chi connectivity index (χ4n) is 2.74. The smallest absolute Gasteiger partial charge is 0.172 e. The first kappa shape index (κ1) is 17.6. The predicted octanol–water partition coefficient (Wildman–Crippen LogP) is 3.60. The van der Waals surface area contributed by atoms with Crippen LogP contribution in [0.4, 0.5) is 0 Å². The maximum absolute atomic E-state index is 12.2. The minimum atomic E-state index is -0.610. The third-order valence-corrected chi connectivity index (χ3v) is 6.12. The van der Waals surface area contributed by atoms with Gasteiger partial charge in [0.2, 0.25) is 0 Å². The molecule has 2 fully saturated rings. The molecule has 6 heteroatoms. The average molecular weight is 374 g/mol. The molecule has 0 spiro atoms. The van der Waals surface area contributed by atoms with Crippen LogP contribution in [0.2, 0.25) is 0 Å². The van der Waals surface area contributed by atoms with Gasteiger partial charge in [0.05, 0.1) is 19.0 Å². The van der Waals surface area contributed by atoms with Gasteiger partial charge < -0.3 is 4.74 Å². The first-order chi connectivity index (χ1) is 11.1. The van der Waals surface area contributed by atoms with Crippen molar-refractivity contribution in [1.82, 2.24) is 4.90 Å². The number of carbonyl (C=O) groups excluding carboxylic acids is 1.